The normalized spacial score (nSPS) is 12.2. The molecule has 0 bridgehead atoms. The molecule has 2 nitrogen and oxygen atoms in total. The molecule has 0 aliphatic heterocycles. The second-order valence-electron chi connectivity index (χ2n) is 4.22. The highest BCUT2D eigenvalue weighted by Gasteiger charge is 2.10. The Labute approximate surface area is 116 Å². The minimum absolute atomic E-state index is 0.0667. The van der Waals surface area contributed by atoms with Gasteiger partial charge in [-0.15, -0.1) is 0 Å². The first-order chi connectivity index (χ1) is 9.09. The summed E-state index contributed by atoms with van der Waals surface area (Å²) in [6.07, 6.45) is -0.626. The number of aliphatic hydroxyl groups excluding tert-OH is 1. The molecule has 0 fully saturated rings. The molecule has 1 unspecified atom stereocenters. The Morgan fingerprint density at radius 1 is 1.21 bits per heavy atom. The molecule has 0 saturated carbocycles. The predicted octanol–water partition coefficient (Wildman–Crippen LogP) is 4.11. The van der Waals surface area contributed by atoms with E-state index in [0.29, 0.717) is 16.9 Å². The van der Waals surface area contributed by atoms with Crippen LogP contribution in [0.4, 0.5) is 4.39 Å². The van der Waals surface area contributed by atoms with Crippen molar-refractivity contribution in [3.63, 3.8) is 0 Å². The first-order valence-corrected chi connectivity index (χ1v) is 6.30. The van der Waals surface area contributed by atoms with Crippen LogP contribution in [-0.2, 0) is 6.61 Å². The van der Waals surface area contributed by atoms with Crippen LogP contribution in [0.15, 0.2) is 42.5 Å². The van der Waals surface area contributed by atoms with Gasteiger partial charge in [-0.1, -0.05) is 41.9 Å². The third-order valence-corrected chi connectivity index (χ3v) is 3.21. The van der Waals surface area contributed by atoms with Crippen LogP contribution in [0.25, 0.3) is 0 Å². The van der Waals surface area contributed by atoms with Gasteiger partial charge in [0.1, 0.15) is 18.2 Å². The van der Waals surface area contributed by atoms with Crippen LogP contribution >= 0.6 is 11.6 Å². The van der Waals surface area contributed by atoms with E-state index in [1.807, 2.05) is 12.1 Å². The quantitative estimate of drug-likeness (QED) is 0.913. The fraction of sp³-hybridized carbons (Fsp3) is 0.200. The van der Waals surface area contributed by atoms with E-state index in [4.69, 9.17) is 16.3 Å². The summed E-state index contributed by atoms with van der Waals surface area (Å²) in [5, 5.41) is 9.70. The molecule has 2 rings (SSSR count). The number of benzene rings is 2. The average Bonchev–Trinajstić information content (AvgIpc) is 2.40. The minimum Gasteiger partial charge on any atom is -0.488 e. The molecule has 19 heavy (non-hydrogen) atoms. The minimum atomic E-state index is -0.626. The monoisotopic (exact) mass is 280 g/mol. The van der Waals surface area contributed by atoms with Gasteiger partial charge in [0.15, 0.2) is 0 Å². The lowest BCUT2D eigenvalue weighted by Gasteiger charge is -2.13. The zero-order valence-corrected chi connectivity index (χ0v) is 11.2. The molecule has 2 aromatic rings. The van der Waals surface area contributed by atoms with E-state index in [2.05, 4.69) is 0 Å². The van der Waals surface area contributed by atoms with Gasteiger partial charge in [0, 0.05) is 11.1 Å². The van der Waals surface area contributed by atoms with E-state index in [9.17, 15) is 9.50 Å². The largest absolute Gasteiger partial charge is 0.488 e. The SMILES string of the molecule is CC(O)c1ccccc1OCc1cccc(F)c1Cl. The van der Waals surface area contributed by atoms with Crippen molar-refractivity contribution in [3.05, 3.63) is 64.4 Å². The Hall–Kier alpha value is -1.58. The Morgan fingerprint density at radius 3 is 2.68 bits per heavy atom. The number of rotatable bonds is 4. The number of ether oxygens (including phenoxy) is 1. The summed E-state index contributed by atoms with van der Waals surface area (Å²) in [6.45, 7) is 1.82. The lowest BCUT2D eigenvalue weighted by molar-refractivity contribution is 0.190. The molecular weight excluding hydrogens is 267 g/mol. The van der Waals surface area contributed by atoms with E-state index in [1.165, 1.54) is 6.07 Å². The lowest BCUT2D eigenvalue weighted by atomic mass is 10.1. The number of aliphatic hydroxyl groups is 1. The van der Waals surface area contributed by atoms with Gasteiger partial charge >= 0.3 is 0 Å². The van der Waals surface area contributed by atoms with Crippen LogP contribution in [0, 0.1) is 5.82 Å². The van der Waals surface area contributed by atoms with E-state index in [0.717, 1.165) is 0 Å². The third-order valence-electron chi connectivity index (χ3n) is 2.78. The first-order valence-electron chi connectivity index (χ1n) is 5.92. The van der Waals surface area contributed by atoms with E-state index >= 15 is 0 Å². The van der Waals surface area contributed by atoms with Crippen LogP contribution < -0.4 is 4.74 Å². The average molecular weight is 281 g/mol. The second kappa shape index (κ2) is 6.04. The fourth-order valence-electron chi connectivity index (χ4n) is 1.77. The predicted molar refractivity (Wildman–Crippen MR) is 72.8 cm³/mol. The van der Waals surface area contributed by atoms with Crippen LogP contribution in [0.3, 0.4) is 0 Å². The molecular formula is C15H14ClFO2. The topological polar surface area (TPSA) is 29.5 Å². The molecule has 0 heterocycles. The van der Waals surface area contributed by atoms with Gasteiger partial charge in [-0.3, -0.25) is 0 Å². The molecule has 4 heteroatoms. The maximum atomic E-state index is 13.3. The fourth-order valence-corrected chi connectivity index (χ4v) is 1.95. The highest BCUT2D eigenvalue weighted by molar-refractivity contribution is 6.31. The van der Waals surface area contributed by atoms with Gasteiger partial charge in [-0.05, 0) is 19.1 Å². The summed E-state index contributed by atoms with van der Waals surface area (Å²) in [7, 11) is 0. The standard InChI is InChI=1S/C15H14ClFO2/c1-10(18)12-6-2-3-8-14(12)19-9-11-5-4-7-13(17)15(11)16/h2-8,10,18H,9H2,1H3. The van der Waals surface area contributed by atoms with Gasteiger partial charge < -0.3 is 9.84 Å². The summed E-state index contributed by atoms with van der Waals surface area (Å²) in [4.78, 5) is 0. The summed E-state index contributed by atoms with van der Waals surface area (Å²) < 4.78 is 18.9. The molecule has 1 N–H and O–H groups in total. The summed E-state index contributed by atoms with van der Waals surface area (Å²) >= 11 is 5.86. The zero-order chi connectivity index (χ0) is 13.8. The summed E-state index contributed by atoms with van der Waals surface area (Å²) in [5.74, 6) is 0.101. The number of halogens is 2. The van der Waals surface area contributed by atoms with E-state index in [1.54, 1.807) is 31.2 Å². The Balaban J connectivity index is 2.17. The van der Waals surface area contributed by atoms with Crippen molar-refractivity contribution >= 4 is 11.6 Å². The number of para-hydroxylation sites is 1. The van der Waals surface area contributed by atoms with Crippen molar-refractivity contribution in [3.8, 4) is 5.75 Å². The number of hydrogen-bond donors (Lipinski definition) is 1. The van der Waals surface area contributed by atoms with Gasteiger partial charge in [0.2, 0.25) is 0 Å². The van der Waals surface area contributed by atoms with Crippen LogP contribution in [0.1, 0.15) is 24.2 Å². The highest BCUT2D eigenvalue weighted by atomic mass is 35.5. The molecule has 0 aliphatic rings. The molecule has 0 saturated heterocycles. The van der Waals surface area contributed by atoms with E-state index in [-0.39, 0.29) is 11.6 Å². The lowest BCUT2D eigenvalue weighted by Crippen LogP contribution is -2.01. The summed E-state index contributed by atoms with van der Waals surface area (Å²) in [5.41, 5.74) is 1.26. The second-order valence-corrected chi connectivity index (χ2v) is 4.59. The summed E-state index contributed by atoms with van der Waals surface area (Å²) in [6, 6.07) is 11.8. The van der Waals surface area contributed by atoms with Crippen molar-refractivity contribution < 1.29 is 14.2 Å². The van der Waals surface area contributed by atoms with Crippen LogP contribution in [0.2, 0.25) is 5.02 Å². The Kier molecular flexibility index (Phi) is 4.40. The maximum absolute atomic E-state index is 13.3. The first kappa shape index (κ1) is 13.8. The molecule has 0 aliphatic carbocycles. The van der Waals surface area contributed by atoms with Crippen LogP contribution in [-0.4, -0.2) is 5.11 Å². The van der Waals surface area contributed by atoms with Crippen molar-refractivity contribution in [1.29, 1.82) is 0 Å². The Morgan fingerprint density at radius 2 is 1.95 bits per heavy atom. The molecule has 2 aromatic carbocycles. The van der Waals surface area contributed by atoms with E-state index < -0.39 is 11.9 Å². The number of hydrogen-bond acceptors (Lipinski definition) is 2. The molecule has 0 amide bonds. The molecule has 0 spiro atoms. The van der Waals surface area contributed by atoms with Crippen molar-refractivity contribution in [1.82, 2.24) is 0 Å². The van der Waals surface area contributed by atoms with Crippen molar-refractivity contribution in [2.45, 2.75) is 19.6 Å². The van der Waals surface area contributed by atoms with Crippen molar-refractivity contribution in [2.24, 2.45) is 0 Å². The molecule has 0 aromatic heterocycles. The molecule has 1 atom stereocenters. The van der Waals surface area contributed by atoms with Crippen LogP contribution in [0.5, 0.6) is 5.75 Å². The Bertz CT molecular complexity index is 570. The smallest absolute Gasteiger partial charge is 0.142 e. The molecule has 100 valence electrons. The zero-order valence-electron chi connectivity index (χ0n) is 10.4. The maximum Gasteiger partial charge on any atom is 0.142 e. The highest BCUT2D eigenvalue weighted by Crippen LogP contribution is 2.27. The van der Waals surface area contributed by atoms with Gasteiger partial charge in [0.05, 0.1) is 11.1 Å². The third kappa shape index (κ3) is 3.25. The molecule has 0 radical (unpaired) electrons. The van der Waals surface area contributed by atoms with Gasteiger partial charge in [-0.25, -0.2) is 4.39 Å². The van der Waals surface area contributed by atoms with Gasteiger partial charge in [0.25, 0.3) is 0 Å². The van der Waals surface area contributed by atoms with Crippen molar-refractivity contribution in [2.75, 3.05) is 0 Å². The van der Waals surface area contributed by atoms with Gasteiger partial charge in [-0.2, -0.15) is 0 Å².